The summed E-state index contributed by atoms with van der Waals surface area (Å²) < 4.78 is 22.8. The maximum absolute atomic E-state index is 12.4. The highest BCUT2D eigenvalue weighted by atomic mass is 32.1. The fourth-order valence-corrected chi connectivity index (χ4v) is 2.96. The van der Waals surface area contributed by atoms with E-state index in [1.54, 1.807) is 38.1 Å². The highest BCUT2D eigenvalue weighted by Crippen LogP contribution is 2.46. The largest absolute Gasteiger partial charge is 0.361 e. The Balaban J connectivity index is 3.03. The van der Waals surface area contributed by atoms with Crippen LogP contribution < -0.4 is 5.30 Å². The molecule has 6 heteroatoms. The van der Waals surface area contributed by atoms with Gasteiger partial charge in [-0.2, -0.15) is 4.99 Å². The van der Waals surface area contributed by atoms with Crippen molar-refractivity contribution in [3.63, 3.8) is 0 Å². The molecule has 0 N–H and O–H groups in total. The van der Waals surface area contributed by atoms with E-state index in [0.717, 1.165) is 0 Å². The SMILES string of the molecule is CCOP(=O)(OCC)c1ccc(N=C=S)cc1. The highest BCUT2D eigenvalue weighted by Gasteiger charge is 2.26. The molecule has 1 aromatic carbocycles. The third kappa shape index (κ3) is 3.84. The Hall–Kier alpha value is -0.830. The minimum Gasteiger partial charge on any atom is -0.305 e. The Morgan fingerprint density at radius 2 is 1.76 bits per heavy atom. The van der Waals surface area contributed by atoms with Gasteiger partial charge >= 0.3 is 7.60 Å². The van der Waals surface area contributed by atoms with Crippen LogP contribution in [0.25, 0.3) is 0 Å². The summed E-state index contributed by atoms with van der Waals surface area (Å²) in [4.78, 5) is 3.82. The molecule has 0 unspecified atom stereocenters. The number of thiocarbonyl (C=S) groups is 1. The van der Waals surface area contributed by atoms with Gasteiger partial charge in [0.15, 0.2) is 0 Å². The van der Waals surface area contributed by atoms with Crippen LogP contribution in [0.3, 0.4) is 0 Å². The number of rotatable bonds is 6. The third-order valence-corrected chi connectivity index (χ3v) is 4.16. The van der Waals surface area contributed by atoms with E-state index in [9.17, 15) is 4.57 Å². The van der Waals surface area contributed by atoms with Gasteiger partial charge in [0.25, 0.3) is 0 Å². The summed E-state index contributed by atoms with van der Waals surface area (Å²) >= 11 is 4.50. The zero-order valence-corrected chi connectivity index (χ0v) is 11.5. The lowest BCUT2D eigenvalue weighted by atomic mass is 10.3. The first-order valence-electron chi connectivity index (χ1n) is 5.24. The second-order valence-corrected chi connectivity index (χ2v) is 5.26. The summed E-state index contributed by atoms with van der Waals surface area (Å²) in [5.41, 5.74) is 0.656. The molecule has 0 radical (unpaired) electrons. The molecular formula is C11H14NO3PS. The second-order valence-electron chi connectivity index (χ2n) is 3.05. The lowest BCUT2D eigenvalue weighted by Gasteiger charge is -2.16. The van der Waals surface area contributed by atoms with Crippen LogP contribution in [0, 0.1) is 0 Å². The number of benzene rings is 1. The first kappa shape index (κ1) is 14.2. The molecule has 17 heavy (non-hydrogen) atoms. The number of nitrogens with zero attached hydrogens (tertiary/aromatic N) is 1. The van der Waals surface area contributed by atoms with Gasteiger partial charge in [-0.1, -0.05) is 0 Å². The predicted octanol–water partition coefficient (Wildman–Crippen LogP) is 3.31. The molecule has 1 aromatic rings. The molecule has 0 aliphatic heterocycles. The van der Waals surface area contributed by atoms with E-state index in [1.165, 1.54) is 0 Å². The van der Waals surface area contributed by atoms with Crippen molar-refractivity contribution in [1.82, 2.24) is 0 Å². The molecule has 92 valence electrons. The fraction of sp³-hybridized carbons (Fsp3) is 0.364. The van der Waals surface area contributed by atoms with E-state index in [1.807, 2.05) is 0 Å². The van der Waals surface area contributed by atoms with Crippen molar-refractivity contribution in [2.45, 2.75) is 13.8 Å². The number of hydrogen-bond donors (Lipinski definition) is 0. The molecule has 0 saturated heterocycles. The van der Waals surface area contributed by atoms with Gasteiger partial charge in [-0.3, -0.25) is 4.57 Å². The predicted molar refractivity (Wildman–Crippen MR) is 71.6 cm³/mol. The molecule has 0 aliphatic rings. The van der Waals surface area contributed by atoms with Gasteiger partial charge in [-0.15, -0.1) is 0 Å². The van der Waals surface area contributed by atoms with E-state index in [4.69, 9.17) is 9.05 Å². The average molecular weight is 271 g/mol. The summed E-state index contributed by atoms with van der Waals surface area (Å²) in [6.45, 7) is 4.21. The minimum atomic E-state index is -3.20. The Labute approximate surface area is 106 Å². The van der Waals surface area contributed by atoms with Crippen LogP contribution in [0.15, 0.2) is 29.3 Å². The van der Waals surface area contributed by atoms with Crippen LogP contribution in [0.4, 0.5) is 5.69 Å². The molecule has 0 aromatic heterocycles. The van der Waals surface area contributed by atoms with Crippen LogP contribution in [-0.4, -0.2) is 18.4 Å². The summed E-state index contributed by atoms with van der Waals surface area (Å²) in [7, 11) is -3.20. The normalized spacial score (nSPS) is 10.9. The minimum absolute atomic E-state index is 0.330. The topological polar surface area (TPSA) is 47.9 Å². The van der Waals surface area contributed by atoms with Crippen molar-refractivity contribution in [3.05, 3.63) is 24.3 Å². The molecule has 0 spiro atoms. The molecule has 0 aliphatic carbocycles. The smallest absolute Gasteiger partial charge is 0.305 e. The number of hydrogen-bond acceptors (Lipinski definition) is 5. The van der Waals surface area contributed by atoms with E-state index in [2.05, 4.69) is 22.4 Å². The number of isothiocyanates is 1. The van der Waals surface area contributed by atoms with Gasteiger partial charge < -0.3 is 9.05 Å². The van der Waals surface area contributed by atoms with E-state index < -0.39 is 7.60 Å². The Morgan fingerprint density at radius 3 is 2.18 bits per heavy atom. The van der Waals surface area contributed by atoms with Crippen molar-refractivity contribution < 1.29 is 13.6 Å². The van der Waals surface area contributed by atoms with Crippen molar-refractivity contribution in [1.29, 1.82) is 0 Å². The molecule has 0 atom stereocenters. The van der Waals surface area contributed by atoms with E-state index in [0.29, 0.717) is 24.2 Å². The summed E-state index contributed by atoms with van der Waals surface area (Å²) in [5, 5.41) is 2.79. The molecule has 0 fully saturated rings. The average Bonchev–Trinajstić information content (AvgIpc) is 2.31. The quantitative estimate of drug-likeness (QED) is 0.452. The standard InChI is InChI=1S/C11H14NO3PS/c1-3-14-16(13,15-4-2)11-7-5-10(6-8-11)12-9-17/h5-8H,3-4H2,1-2H3. The maximum Gasteiger partial charge on any atom is 0.361 e. The molecule has 0 saturated carbocycles. The molecule has 1 rings (SSSR count). The van der Waals surface area contributed by atoms with Crippen LogP contribution in [-0.2, 0) is 13.6 Å². The summed E-state index contributed by atoms with van der Waals surface area (Å²) in [6, 6.07) is 6.72. The monoisotopic (exact) mass is 271 g/mol. The van der Waals surface area contributed by atoms with Crippen molar-refractivity contribution in [2.75, 3.05) is 13.2 Å². The molecule has 0 bridgehead atoms. The molecular weight excluding hydrogens is 257 g/mol. The highest BCUT2D eigenvalue weighted by molar-refractivity contribution is 7.78. The molecule has 0 heterocycles. The second kappa shape index (κ2) is 6.80. The Bertz CT molecular complexity index is 444. The van der Waals surface area contributed by atoms with Gasteiger partial charge in [-0.25, -0.2) is 0 Å². The summed E-state index contributed by atoms with van der Waals surface area (Å²) in [6.07, 6.45) is 0. The first-order chi connectivity index (χ1) is 8.16. The van der Waals surface area contributed by atoms with Gasteiger partial charge in [0.2, 0.25) is 0 Å². The first-order valence-corrected chi connectivity index (χ1v) is 7.19. The van der Waals surface area contributed by atoms with Crippen molar-refractivity contribution >= 4 is 36.0 Å². The van der Waals surface area contributed by atoms with Gasteiger partial charge in [0, 0.05) is 0 Å². The lowest BCUT2D eigenvalue weighted by Crippen LogP contribution is -2.10. The van der Waals surface area contributed by atoms with Crippen LogP contribution in [0.1, 0.15) is 13.8 Å². The Morgan fingerprint density at radius 1 is 1.24 bits per heavy atom. The van der Waals surface area contributed by atoms with Crippen LogP contribution in [0.5, 0.6) is 0 Å². The molecule has 4 nitrogen and oxygen atoms in total. The zero-order valence-electron chi connectivity index (χ0n) is 9.75. The van der Waals surface area contributed by atoms with Crippen LogP contribution >= 0.6 is 19.8 Å². The third-order valence-electron chi connectivity index (χ3n) is 1.94. The fourth-order valence-electron chi connectivity index (χ4n) is 1.29. The lowest BCUT2D eigenvalue weighted by molar-refractivity contribution is 0.230. The zero-order chi connectivity index (χ0) is 12.7. The molecule has 0 amide bonds. The number of aliphatic imine (C=N–C) groups is 1. The van der Waals surface area contributed by atoms with Crippen molar-refractivity contribution in [3.8, 4) is 0 Å². The van der Waals surface area contributed by atoms with Gasteiger partial charge in [0.1, 0.15) is 0 Å². The maximum atomic E-state index is 12.4. The van der Waals surface area contributed by atoms with Gasteiger partial charge in [-0.05, 0) is 50.3 Å². The van der Waals surface area contributed by atoms with Gasteiger partial charge in [0.05, 0.1) is 29.4 Å². The summed E-state index contributed by atoms with van der Waals surface area (Å²) in [5.74, 6) is 0. The Kier molecular flexibility index (Phi) is 5.69. The van der Waals surface area contributed by atoms with E-state index >= 15 is 0 Å². The van der Waals surface area contributed by atoms with Crippen molar-refractivity contribution in [2.24, 2.45) is 4.99 Å². The van der Waals surface area contributed by atoms with E-state index in [-0.39, 0.29) is 0 Å². The van der Waals surface area contributed by atoms with Crippen LogP contribution in [0.2, 0.25) is 0 Å².